The van der Waals surface area contributed by atoms with Crippen molar-refractivity contribution in [3.8, 4) is 10.6 Å². The van der Waals surface area contributed by atoms with Crippen LogP contribution in [0.2, 0.25) is 5.02 Å². The Labute approximate surface area is 94.2 Å². The monoisotopic (exact) mass is 240 g/mol. The number of pyridine rings is 1. The Balaban J connectivity index is 2.46. The number of halogens is 1. The fourth-order valence-electron chi connectivity index (χ4n) is 1.03. The molecule has 0 radical (unpaired) electrons. The van der Waals surface area contributed by atoms with Crippen molar-refractivity contribution in [1.29, 1.82) is 0 Å². The third-order valence-corrected chi connectivity index (χ3v) is 2.93. The lowest BCUT2D eigenvalue weighted by Gasteiger charge is -1.96. The molecule has 0 amide bonds. The van der Waals surface area contributed by atoms with E-state index in [9.17, 15) is 4.79 Å². The van der Waals surface area contributed by atoms with Crippen molar-refractivity contribution in [2.75, 3.05) is 0 Å². The summed E-state index contributed by atoms with van der Waals surface area (Å²) < 4.78 is 0. The molecule has 0 aliphatic heterocycles. The van der Waals surface area contributed by atoms with Crippen LogP contribution < -0.4 is 0 Å². The summed E-state index contributed by atoms with van der Waals surface area (Å²) in [7, 11) is 0. The van der Waals surface area contributed by atoms with E-state index in [0.717, 1.165) is 0 Å². The maximum Gasteiger partial charge on any atom is 0.355 e. The molecular weight excluding hydrogens is 236 g/mol. The SMILES string of the molecule is O=C(O)c1csc(-c2cnccc2Cl)n1. The van der Waals surface area contributed by atoms with Crippen LogP contribution in [0.25, 0.3) is 10.6 Å². The van der Waals surface area contributed by atoms with E-state index >= 15 is 0 Å². The third-order valence-electron chi connectivity index (χ3n) is 1.72. The van der Waals surface area contributed by atoms with Crippen LogP contribution >= 0.6 is 22.9 Å². The van der Waals surface area contributed by atoms with Gasteiger partial charge in [0.05, 0.1) is 5.02 Å². The van der Waals surface area contributed by atoms with Crippen LogP contribution in [0, 0.1) is 0 Å². The van der Waals surface area contributed by atoms with Crippen molar-refractivity contribution in [2.24, 2.45) is 0 Å². The van der Waals surface area contributed by atoms with Crippen LogP contribution in [-0.4, -0.2) is 21.0 Å². The Morgan fingerprint density at radius 3 is 2.93 bits per heavy atom. The molecule has 2 aromatic heterocycles. The molecule has 0 bridgehead atoms. The molecule has 0 saturated heterocycles. The van der Waals surface area contributed by atoms with Gasteiger partial charge >= 0.3 is 5.97 Å². The van der Waals surface area contributed by atoms with Crippen molar-refractivity contribution in [3.63, 3.8) is 0 Å². The van der Waals surface area contributed by atoms with Crippen LogP contribution in [0.4, 0.5) is 0 Å². The van der Waals surface area contributed by atoms with E-state index in [1.807, 2.05) is 0 Å². The van der Waals surface area contributed by atoms with Crippen LogP contribution in [0.3, 0.4) is 0 Å². The van der Waals surface area contributed by atoms with E-state index in [-0.39, 0.29) is 5.69 Å². The largest absolute Gasteiger partial charge is 0.476 e. The van der Waals surface area contributed by atoms with Gasteiger partial charge in [0.15, 0.2) is 5.69 Å². The summed E-state index contributed by atoms with van der Waals surface area (Å²) in [4.78, 5) is 18.5. The molecule has 1 N–H and O–H groups in total. The second-order valence-electron chi connectivity index (χ2n) is 2.70. The van der Waals surface area contributed by atoms with Crippen LogP contribution in [0.1, 0.15) is 10.5 Å². The average molecular weight is 241 g/mol. The molecule has 0 saturated carbocycles. The fraction of sp³-hybridized carbons (Fsp3) is 0. The first-order chi connectivity index (χ1) is 7.18. The molecule has 2 heterocycles. The Bertz CT molecular complexity index is 512. The lowest BCUT2D eigenvalue weighted by molar-refractivity contribution is 0.0691. The molecule has 6 heteroatoms. The maximum absolute atomic E-state index is 10.6. The minimum absolute atomic E-state index is 0.0231. The summed E-state index contributed by atoms with van der Waals surface area (Å²) in [6.45, 7) is 0. The summed E-state index contributed by atoms with van der Waals surface area (Å²) in [6.07, 6.45) is 3.13. The number of thiazole rings is 1. The number of hydrogen-bond acceptors (Lipinski definition) is 4. The molecule has 2 aromatic rings. The van der Waals surface area contributed by atoms with Gasteiger partial charge in [0, 0.05) is 23.3 Å². The first-order valence-corrected chi connectivity index (χ1v) is 5.23. The van der Waals surface area contributed by atoms with E-state index in [1.165, 1.54) is 16.7 Å². The number of hydrogen-bond donors (Lipinski definition) is 1. The normalized spacial score (nSPS) is 10.2. The van der Waals surface area contributed by atoms with E-state index in [0.29, 0.717) is 15.6 Å². The third kappa shape index (κ3) is 1.98. The summed E-state index contributed by atoms with van der Waals surface area (Å²) in [5, 5.41) is 11.3. The van der Waals surface area contributed by atoms with Gasteiger partial charge in [0.2, 0.25) is 0 Å². The van der Waals surface area contributed by atoms with E-state index in [2.05, 4.69) is 9.97 Å². The molecule has 15 heavy (non-hydrogen) atoms. The van der Waals surface area contributed by atoms with Crippen molar-refractivity contribution >= 4 is 28.9 Å². The van der Waals surface area contributed by atoms with E-state index < -0.39 is 5.97 Å². The highest BCUT2D eigenvalue weighted by molar-refractivity contribution is 7.13. The molecule has 0 unspecified atom stereocenters. The second-order valence-corrected chi connectivity index (χ2v) is 3.96. The van der Waals surface area contributed by atoms with Crippen molar-refractivity contribution < 1.29 is 9.90 Å². The number of nitrogens with zero attached hydrogens (tertiary/aromatic N) is 2. The van der Waals surface area contributed by atoms with Gasteiger partial charge in [-0.05, 0) is 6.07 Å². The Hall–Kier alpha value is -1.46. The lowest BCUT2D eigenvalue weighted by atomic mass is 10.3. The average Bonchev–Trinajstić information content (AvgIpc) is 2.67. The summed E-state index contributed by atoms with van der Waals surface area (Å²) in [6, 6.07) is 1.64. The highest BCUT2D eigenvalue weighted by Gasteiger charge is 2.12. The maximum atomic E-state index is 10.6. The summed E-state index contributed by atoms with van der Waals surface area (Å²) in [5.41, 5.74) is 0.673. The summed E-state index contributed by atoms with van der Waals surface area (Å²) in [5.74, 6) is -1.04. The first kappa shape index (κ1) is 10.1. The van der Waals surface area contributed by atoms with Gasteiger partial charge in [0.1, 0.15) is 5.01 Å². The number of carboxylic acid groups (broad SMARTS) is 1. The van der Waals surface area contributed by atoms with Gasteiger partial charge in [-0.25, -0.2) is 9.78 Å². The van der Waals surface area contributed by atoms with Crippen molar-refractivity contribution in [2.45, 2.75) is 0 Å². The fourth-order valence-corrected chi connectivity index (χ4v) is 2.10. The quantitative estimate of drug-likeness (QED) is 0.876. The number of aromatic nitrogens is 2. The highest BCUT2D eigenvalue weighted by atomic mass is 35.5. The van der Waals surface area contributed by atoms with Crippen molar-refractivity contribution in [1.82, 2.24) is 9.97 Å². The number of rotatable bonds is 2. The van der Waals surface area contributed by atoms with Crippen LogP contribution in [-0.2, 0) is 0 Å². The standard InChI is InChI=1S/C9H5ClN2O2S/c10-6-1-2-11-3-5(6)8-12-7(4-15-8)9(13)14/h1-4H,(H,13,14). The minimum atomic E-state index is -1.04. The molecule has 0 atom stereocenters. The second kappa shape index (κ2) is 3.96. The molecule has 4 nitrogen and oxygen atoms in total. The van der Waals surface area contributed by atoms with E-state index in [1.54, 1.807) is 18.5 Å². The molecule has 0 spiro atoms. The minimum Gasteiger partial charge on any atom is -0.476 e. The molecule has 0 aromatic carbocycles. The van der Waals surface area contributed by atoms with Gasteiger partial charge in [-0.1, -0.05) is 11.6 Å². The smallest absolute Gasteiger partial charge is 0.355 e. The van der Waals surface area contributed by atoms with E-state index in [4.69, 9.17) is 16.7 Å². The van der Waals surface area contributed by atoms with Gasteiger partial charge in [-0.15, -0.1) is 11.3 Å². The molecular formula is C9H5ClN2O2S. The topological polar surface area (TPSA) is 63.1 Å². The molecule has 0 aliphatic rings. The van der Waals surface area contributed by atoms with Gasteiger partial charge < -0.3 is 5.11 Å². The highest BCUT2D eigenvalue weighted by Crippen LogP contribution is 2.29. The van der Waals surface area contributed by atoms with Crippen LogP contribution in [0.5, 0.6) is 0 Å². The zero-order chi connectivity index (χ0) is 10.8. The summed E-state index contributed by atoms with van der Waals surface area (Å²) >= 11 is 7.16. The van der Waals surface area contributed by atoms with Crippen LogP contribution in [0.15, 0.2) is 23.8 Å². The predicted molar refractivity (Wildman–Crippen MR) is 57.3 cm³/mol. The zero-order valence-corrected chi connectivity index (χ0v) is 8.92. The number of aromatic carboxylic acids is 1. The Morgan fingerprint density at radius 2 is 2.33 bits per heavy atom. The molecule has 76 valence electrons. The predicted octanol–water partition coefficient (Wildman–Crippen LogP) is 2.56. The Morgan fingerprint density at radius 1 is 1.53 bits per heavy atom. The van der Waals surface area contributed by atoms with Crippen molar-refractivity contribution in [3.05, 3.63) is 34.6 Å². The number of carboxylic acids is 1. The number of carbonyl (C=O) groups is 1. The molecule has 2 rings (SSSR count). The van der Waals surface area contributed by atoms with Gasteiger partial charge in [0.25, 0.3) is 0 Å². The first-order valence-electron chi connectivity index (χ1n) is 3.97. The molecule has 0 fully saturated rings. The Kier molecular flexibility index (Phi) is 2.66. The van der Waals surface area contributed by atoms with Gasteiger partial charge in [-0.2, -0.15) is 0 Å². The lowest BCUT2D eigenvalue weighted by Crippen LogP contribution is -1.95. The molecule has 0 aliphatic carbocycles. The zero-order valence-electron chi connectivity index (χ0n) is 7.35. The van der Waals surface area contributed by atoms with Gasteiger partial charge in [-0.3, -0.25) is 4.98 Å².